The molecule has 0 aliphatic heterocycles. The van der Waals surface area contributed by atoms with Crippen LogP contribution < -0.4 is 0 Å². The largest absolute Gasteiger partial charge is 0.465 e. The van der Waals surface area contributed by atoms with E-state index in [0.717, 1.165) is 0 Å². The number of thioether (sulfide) groups is 1. The number of esters is 1. The lowest BCUT2D eigenvalue weighted by Crippen LogP contribution is -2.18. The summed E-state index contributed by atoms with van der Waals surface area (Å²) in [5.41, 5.74) is 2.39. The minimum atomic E-state index is -0.383. The van der Waals surface area contributed by atoms with Gasteiger partial charge in [-0.3, -0.25) is 14.4 Å². The maximum atomic E-state index is 12.4. The van der Waals surface area contributed by atoms with Gasteiger partial charge in [-0.05, 0) is 40.2 Å². The number of carbonyl (C=O) groups excluding carboxylic acids is 3. The molecule has 0 saturated carbocycles. The first-order valence-corrected chi connectivity index (χ1v) is 7.85. The molecule has 0 bridgehead atoms. The van der Waals surface area contributed by atoms with Crippen LogP contribution in [0, 0.1) is 13.8 Å². The highest BCUT2D eigenvalue weighted by Gasteiger charge is 2.24. The van der Waals surface area contributed by atoms with Gasteiger partial charge in [-0.15, -0.1) is 11.8 Å². The number of aryl methyl sites for hydroxylation is 1. The molecule has 1 atom stereocenters. The Labute approximate surface area is 128 Å². The van der Waals surface area contributed by atoms with Crippen molar-refractivity contribution >= 4 is 29.3 Å². The highest BCUT2D eigenvalue weighted by atomic mass is 32.2. The summed E-state index contributed by atoms with van der Waals surface area (Å²) in [5, 5.41) is -0.383. The van der Waals surface area contributed by atoms with Crippen LogP contribution in [0.15, 0.2) is 0 Å². The second-order valence-corrected chi connectivity index (χ2v) is 6.13. The smallest absolute Gasteiger partial charge is 0.315 e. The molecule has 0 aliphatic rings. The summed E-state index contributed by atoms with van der Waals surface area (Å²) in [5.74, 6) is -0.366. The molecule has 5 nitrogen and oxygen atoms in total. The zero-order chi connectivity index (χ0) is 16.2. The fraction of sp³-hybridized carbons (Fsp3) is 0.533. The Morgan fingerprint density at radius 3 is 2.38 bits per heavy atom. The summed E-state index contributed by atoms with van der Waals surface area (Å²) >= 11 is 1.23. The first-order valence-electron chi connectivity index (χ1n) is 6.81. The Morgan fingerprint density at radius 1 is 1.29 bits per heavy atom. The van der Waals surface area contributed by atoms with Crippen LogP contribution in [0.25, 0.3) is 0 Å². The second kappa shape index (κ2) is 7.45. The SMILES string of the molecule is CCOC(=O)CSC(C)C(=O)c1[nH]c(C)c(C(C)=O)c1C. The molecule has 0 aromatic carbocycles. The number of hydrogen-bond donors (Lipinski definition) is 1. The lowest BCUT2D eigenvalue weighted by atomic mass is 10.0. The van der Waals surface area contributed by atoms with Crippen molar-refractivity contribution < 1.29 is 19.1 Å². The molecule has 1 N–H and O–H groups in total. The van der Waals surface area contributed by atoms with E-state index in [0.29, 0.717) is 29.1 Å². The van der Waals surface area contributed by atoms with Gasteiger partial charge in [0.05, 0.1) is 23.3 Å². The summed E-state index contributed by atoms with van der Waals surface area (Å²) in [7, 11) is 0. The number of ether oxygens (including phenoxy) is 1. The topological polar surface area (TPSA) is 76.2 Å². The molecule has 0 aliphatic carbocycles. The van der Waals surface area contributed by atoms with E-state index in [-0.39, 0.29) is 28.5 Å². The van der Waals surface area contributed by atoms with E-state index in [1.54, 1.807) is 27.7 Å². The van der Waals surface area contributed by atoms with Gasteiger partial charge in [0.15, 0.2) is 11.6 Å². The molecule has 1 aromatic rings. The molecule has 1 rings (SSSR count). The Kier molecular flexibility index (Phi) is 6.20. The van der Waals surface area contributed by atoms with E-state index in [4.69, 9.17) is 4.74 Å². The third kappa shape index (κ3) is 4.20. The molecule has 0 spiro atoms. The molecule has 1 heterocycles. The van der Waals surface area contributed by atoms with Crippen molar-refractivity contribution in [2.75, 3.05) is 12.4 Å². The van der Waals surface area contributed by atoms with Gasteiger partial charge in [0.25, 0.3) is 0 Å². The monoisotopic (exact) mass is 311 g/mol. The molecule has 21 heavy (non-hydrogen) atoms. The Hall–Kier alpha value is -1.56. The second-order valence-electron chi connectivity index (χ2n) is 4.80. The van der Waals surface area contributed by atoms with E-state index in [1.807, 2.05) is 0 Å². The third-order valence-corrected chi connectivity index (χ3v) is 4.28. The number of rotatable bonds is 7. The molecule has 0 saturated heterocycles. The maximum Gasteiger partial charge on any atom is 0.315 e. The van der Waals surface area contributed by atoms with Crippen LogP contribution in [-0.4, -0.2) is 40.1 Å². The highest BCUT2D eigenvalue weighted by molar-refractivity contribution is 8.01. The van der Waals surface area contributed by atoms with Crippen LogP contribution in [0.5, 0.6) is 0 Å². The van der Waals surface area contributed by atoms with Gasteiger partial charge in [-0.1, -0.05) is 0 Å². The number of aromatic amines is 1. The van der Waals surface area contributed by atoms with Crippen molar-refractivity contribution in [1.29, 1.82) is 0 Å². The zero-order valence-corrected chi connectivity index (χ0v) is 13.8. The lowest BCUT2D eigenvalue weighted by molar-refractivity contribution is -0.139. The molecule has 1 aromatic heterocycles. The fourth-order valence-electron chi connectivity index (χ4n) is 2.20. The van der Waals surface area contributed by atoms with Crippen molar-refractivity contribution in [2.45, 2.75) is 39.9 Å². The molecular formula is C15H21NO4S. The first-order chi connectivity index (χ1) is 9.79. The molecule has 0 amide bonds. The van der Waals surface area contributed by atoms with Gasteiger partial charge < -0.3 is 9.72 Å². The number of carbonyl (C=O) groups is 3. The van der Waals surface area contributed by atoms with E-state index in [9.17, 15) is 14.4 Å². The lowest BCUT2D eigenvalue weighted by Gasteiger charge is -2.09. The molecule has 0 radical (unpaired) electrons. The van der Waals surface area contributed by atoms with Crippen LogP contribution in [0.3, 0.4) is 0 Å². The van der Waals surface area contributed by atoms with Gasteiger partial charge in [-0.25, -0.2) is 0 Å². The van der Waals surface area contributed by atoms with Crippen molar-refractivity contribution in [3.63, 3.8) is 0 Å². The Balaban J connectivity index is 2.82. The summed E-state index contributed by atoms with van der Waals surface area (Å²) in [4.78, 5) is 38.3. The van der Waals surface area contributed by atoms with Crippen LogP contribution >= 0.6 is 11.8 Å². The number of H-pyrrole nitrogens is 1. The van der Waals surface area contributed by atoms with Crippen LogP contribution in [0.4, 0.5) is 0 Å². The maximum absolute atomic E-state index is 12.4. The van der Waals surface area contributed by atoms with Crippen LogP contribution in [-0.2, 0) is 9.53 Å². The molecule has 6 heteroatoms. The van der Waals surface area contributed by atoms with E-state index in [1.165, 1.54) is 18.7 Å². The molecule has 0 fully saturated rings. The van der Waals surface area contributed by atoms with Crippen molar-refractivity contribution in [2.24, 2.45) is 0 Å². The van der Waals surface area contributed by atoms with E-state index >= 15 is 0 Å². The zero-order valence-electron chi connectivity index (χ0n) is 13.0. The highest BCUT2D eigenvalue weighted by Crippen LogP contribution is 2.23. The minimum absolute atomic E-state index is 0.0628. The summed E-state index contributed by atoms with van der Waals surface area (Å²) in [6.07, 6.45) is 0. The Morgan fingerprint density at radius 2 is 1.90 bits per heavy atom. The predicted octanol–water partition coefficient (Wildman–Crippen LogP) is 2.70. The first kappa shape index (κ1) is 17.5. The summed E-state index contributed by atoms with van der Waals surface area (Å²) in [6, 6.07) is 0. The van der Waals surface area contributed by atoms with Crippen LogP contribution in [0.2, 0.25) is 0 Å². The predicted molar refractivity (Wildman–Crippen MR) is 83.2 cm³/mol. The number of ketones is 2. The normalized spacial score (nSPS) is 12.0. The standard InChI is InChI=1S/C15H21NO4S/c1-6-20-12(18)7-21-11(5)15(19)14-8(2)13(10(4)17)9(3)16-14/h11,16H,6-7H2,1-5H3. The van der Waals surface area contributed by atoms with Crippen LogP contribution in [0.1, 0.15) is 52.9 Å². The number of aromatic nitrogens is 1. The van der Waals surface area contributed by atoms with Gasteiger partial charge in [0.2, 0.25) is 0 Å². The van der Waals surface area contributed by atoms with Gasteiger partial charge in [0.1, 0.15) is 0 Å². The summed E-state index contributed by atoms with van der Waals surface area (Å²) in [6.45, 7) is 8.84. The van der Waals surface area contributed by atoms with E-state index in [2.05, 4.69) is 4.98 Å². The quantitative estimate of drug-likeness (QED) is 0.619. The van der Waals surface area contributed by atoms with Gasteiger partial charge in [-0.2, -0.15) is 0 Å². The third-order valence-electron chi connectivity index (χ3n) is 3.16. The van der Waals surface area contributed by atoms with Gasteiger partial charge >= 0.3 is 5.97 Å². The molecule has 116 valence electrons. The number of hydrogen-bond acceptors (Lipinski definition) is 5. The Bertz CT molecular complexity index is 562. The molecular weight excluding hydrogens is 290 g/mol. The number of nitrogens with one attached hydrogen (secondary N) is 1. The average Bonchev–Trinajstić information content (AvgIpc) is 2.70. The van der Waals surface area contributed by atoms with Crippen molar-refractivity contribution in [3.8, 4) is 0 Å². The van der Waals surface area contributed by atoms with Crippen molar-refractivity contribution in [1.82, 2.24) is 4.98 Å². The minimum Gasteiger partial charge on any atom is -0.465 e. The fourth-order valence-corrected chi connectivity index (χ4v) is 2.94. The molecule has 1 unspecified atom stereocenters. The average molecular weight is 311 g/mol. The van der Waals surface area contributed by atoms with E-state index < -0.39 is 0 Å². The van der Waals surface area contributed by atoms with Gasteiger partial charge in [0, 0.05) is 11.3 Å². The summed E-state index contributed by atoms with van der Waals surface area (Å²) < 4.78 is 4.83. The number of Topliss-reactive ketones (excluding diaryl/α,β-unsaturated/α-hetero) is 2. The van der Waals surface area contributed by atoms with Crippen molar-refractivity contribution in [3.05, 3.63) is 22.5 Å².